The number of carbonyl (C=O) groups excluding carboxylic acids is 2. The van der Waals surface area contributed by atoms with Crippen LogP contribution in [0.1, 0.15) is 21.7 Å². The van der Waals surface area contributed by atoms with Crippen LogP contribution in [0, 0.1) is 10.1 Å². The molecule has 160 valence electrons. The fourth-order valence-electron chi connectivity index (χ4n) is 3.15. The topological polar surface area (TPSA) is 131 Å². The van der Waals surface area contributed by atoms with Crippen LogP contribution in [0.15, 0.2) is 70.0 Å². The van der Waals surface area contributed by atoms with E-state index in [-0.39, 0.29) is 28.3 Å². The smallest absolute Gasteiger partial charge is 0.335 e. The summed E-state index contributed by atoms with van der Waals surface area (Å²) in [5.74, 6) is -0.939. The molecule has 0 spiro atoms. The first-order valence-electron chi connectivity index (χ1n) is 9.24. The first-order chi connectivity index (χ1) is 15.3. The Kier molecular flexibility index (Phi) is 5.61. The Bertz CT molecular complexity index is 1290. The monoisotopic (exact) mass is 450 g/mol. The summed E-state index contributed by atoms with van der Waals surface area (Å²) in [6.07, 6.45) is 1.41. The molecule has 1 saturated heterocycles. The average Bonchev–Trinajstić information content (AvgIpc) is 3.34. The molecule has 0 unspecified atom stereocenters. The Balaban J connectivity index is 1.56. The van der Waals surface area contributed by atoms with Gasteiger partial charge in [0.15, 0.2) is 0 Å². The lowest BCUT2D eigenvalue weighted by atomic mass is 10.1. The van der Waals surface area contributed by atoms with E-state index in [4.69, 9.17) is 9.52 Å². The number of carbonyl (C=O) groups is 3. The number of furan rings is 1. The van der Waals surface area contributed by atoms with Crippen LogP contribution in [0.4, 0.5) is 10.5 Å². The van der Waals surface area contributed by atoms with Crippen molar-refractivity contribution in [1.82, 2.24) is 4.90 Å². The first-order valence-corrected chi connectivity index (χ1v) is 10.1. The Morgan fingerprint density at radius 1 is 1.12 bits per heavy atom. The first kappa shape index (κ1) is 21.1. The highest BCUT2D eigenvalue weighted by Gasteiger charge is 2.36. The van der Waals surface area contributed by atoms with E-state index in [2.05, 4.69) is 0 Å². The highest BCUT2D eigenvalue weighted by Crippen LogP contribution is 2.35. The maximum absolute atomic E-state index is 12.7. The number of nitrogens with zero attached hydrogens (tertiary/aromatic N) is 2. The molecule has 1 aromatic heterocycles. The van der Waals surface area contributed by atoms with Gasteiger partial charge in [0.1, 0.15) is 11.5 Å². The summed E-state index contributed by atoms with van der Waals surface area (Å²) in [6.45, 7) is -0.218. The van der Waals surface area contributed by atoms with Gasteiger partial charge in [-0.15, -0.1) is 0 Å². The molecule has 1 aliphatic heterocycles. The second-order valence-corrected chi connectivity index (χ2v) is 7.73. The van der Waals surface area contributed by atoms with Gasteiger partial charge in [0.2, 0.25) is 0 Å². The van der Waals surface area contributed by atoms with Gasteiger partial charge in [0, 0.05) is 23.3 Å². The van der Waals surface area contributed by atoms with E-state index in [1.54, 1.807) is 30.3 Å². The fourth-order valence-corrected chi connectivity index (χ4v) is 3.97. The molecule has 1 N–H and O–H groups in total. The average molecular weight is 450 g/mol. The van der Waals surface area contributed by atoms with E-state index in [0.29, 0.717) is 28.8 Å². The van der Waals surface area contributed by atoms with Gasteiger partial charge in [-0.2, -0.15) is 0 Å². The minimum Gasteiger partial charge on any atom is -0.478 e. The molecule has 0 radical (unpaired) electrons. The Labute approximate surface area is 185 Å². The molecule has 0 atom stereocenters. The molecule has 2 heterocycles. The zero-order chi connectivity index (χ0) is 22.8. The number of benzene rings is 2. The molecule has 1 fully saturated rings. The second-order valence-electron chi connectivity index (χ2n) is 6.74. The highest BCUT2D eigenvalue weighted by molar-refractivity contribution is 8.18. The number of nitro benzene ring substituents is 1. The molecule has 0 aliphatic carbocycles. The number of hydrogen-bond acceptors (Lipinski definition) is 7. The number of hydrogen-bond donors (Lipinski definition) is 1. The summed E-state index contributed by atoms with van der Waals surface area (Å²) >= 11 is 0.713. The number of carboxylic acids is 1. The maximum Gasteiger partial charge on any atom is 0.335 e. The van der Waals surface area contributed by atoms with Crippen LogP contribution in [-0.4, -0.2) is 32.0 Å². The Morgan fingerprint density at radius 2 is 1.91 bits per heavy atom. The standard InChI is InChI=1S/C22H14N2O7S/c25-20-19(32-22(28)23(20)12-15-4-1-2-7-17(15)24(29)30)11-16-8-9-18(31-16)13-5-3-6-14(10-13)21(26)27/h1-11H,12H2,(H,26,27)/b19-11+. The molecule has 0 saturated carbocycles. The number of thioether (sulfide) groups is 1. The summed E-state index contributed by atoms with van der Waals surface area (Å²) in [5, 5.41) is 19.8. The third-order valence-corrected chi connectivity index (χ3v) is 5.59. The van der Waals surface area contributed by atoms with Crippen LogP contribution >= 0.6 is 11.8 Å². The van der Waals surface area contributed by atoms with Crippen LogP contribution in [0.3, 0.4) is 0 Å². The second kappa shape index (κ2) is 8.52. The van der Waals surface area contributed by atoms with Gasteiger partial charge in [0.05, 0.1) is 21.9 Å². The molecule has 2 aromatic carbocycles. The van der Waals surface area contributed by atoms with Crippen molar-refractivity contribution in [2.24, 2.45) is 0 Å². The SMILES string of the molecule is O=C(O)c1cccc(-c2ccc(/C=C3/SC(=O)N(Cc4ccccc4[N+](=O)[O-])C3=O)o2)c1. The molecular weight excluding hydrogens is 436 g/mol. The molecule has 9 nitrogen and oxygen atoms in total. The minimum atomic E-state index is -1.06. The summed E-state index contributed by atoms with van der Waals surface area (Å²) < 4.78 is 5.70. The molecule has 10 heteroatoms. The Hall–Kier alpha value is -4.18. The van der Waals surface area contributed by atoms with E-state index in [1.807, 2.05) is 0 Å². The zero-order valence-corrected chi connectivity index (χ0v) is 17.1. The lowest BCUT2D eigenvalue weighted by molar-refractivity contribution is -0.385. The van der Waals surface area contributed by atoms with E-state index in [1.165, 1.54) is 36.4 Å². The van der Waals surface area contributed by atoms with Crippen LogP contribution in [0.25, 0.3) is 17.4 Å². The molecule has 0 bridgehead atoms. The van der Waals surface area contributed by atoms with Crippen molar-refractivity contribution in [1.29, 1.82) is 0 Å². The van der Waals surface area contributed by atoms with Crippen LogP contribution < -0.4 is 0 Å². The van der Waals surface area contributed by atoms with E-state index in [9.17, 15) is 24.5 Å². The summed E-state index contributed by atoms with van der Waals surface area (Å²) in [5.41, 5.74) is 0.736. The number of para-hydroxylation sites is 1. The third-order valence-electron chi connectivity index (χ3n) is 4.68. The van der Waals surface area contributed by atoms with Crippen molar-refractivity contribution in [3.05, 3.63) is 92.6 Å². The number of aromatic carboxylic acids is 1. The van der Waals surface area contributed by atoms with E-state index in [0.717, 1.165) is 4.90 Å². The summed E-state index contributed by atoms with van der Waals surface area (Å²) in [7, 11) is 0. The van der Waals surface area contributed by atoms with E-state index < -0.39 is 22.0 Å². The van der Waals surface area contributed by atoms with Crippen molar-refractivity contribution in [3.63, 3.8) is 0 Å². The van der Waals surface area contributed by atoms with Gasteiger partial charge in [-0.3, -0.25) is 24.6 Å². The quantitative estimate of drug-likeness (QED) is 0.322. The summed E-state index contributed by atoms with van der Waals surface area (Å²) in [6, 6.07) is 15.3. The van der Waals surface area contributed by atoms with Crippen molar-refractivity contribution >= 4 is 40.6 Å². The molecule has 2 amide bonds. The highest BCUT2D eigenvalue weighted by atomic mass is 32.2. The van der Waals surface area contributed by atoms with Crippen molar-refractivity contribution in [2.75, 3.05) is 0 Å². The number of rotatable bonds is 6. The van der Waals surface area contributed by atoms with Crippen LogP contribution in [0.2, 0.25) is 0 Å². The minimum absolute atomic E-state index is 0.108. The van der Waals surface area contributed by atoms with Gasteiger partial charge in [-0.1, -0.05) is 30.3 Å². The fraction of sp³-hybridized carbons (Fsp3) is 0.0455. The number of imide groups is 1. The number of carboxylic acid groups (broad SMARTS) is 1. The van der Waals surface area contributed by atoms with Gasteiger partial charge < -0.3 is 9.52 Å². The predicted molar refractivity (Wildman–Crippen MR) is 116 cm³/mol. The van der Waals surface area contributed by atoms with Crippen molar-refractivity contribution in [3.8, 4) is 11.3 Å². The maximum atomic E-state index is 12.7. The normalized spacial score (nSPS) is 14.9. The zero-order valence-electron chi connectivity index (χ0n) is 16.3. The van der Waals surface area contributed by atoms with Gasteiger partial charge in [-0.25, -0.2) is 4.79 Å². The number of amides is 2. The van der Waals surface area contributed by atoms with Gasteiger partial charge in [0.25, 0.3) is 16.8 Å². The largest absolute Gasteiger partial charge is 0.478 e. The van der Waals surface area contributed by atoms with Crippen molar-refractivity contribution in [2.45, 2.75) is 6.54 Å². The molecule has 4 rings (SSSR count). The van der Waals surface area contributed by atoms with Gasteiger partial charge in [-0.05, 0) is 36.0 Å². The van der Waals surface area contributed by atoms with Crippen molar-refractivity contribution < 1.29 is 28.8 Å². The lowest BCUT2D eigenvalue weighted by Gasteiger charge is -2.12. The van der Waals surface area contributed by atoms with Crippen LogP contribution in [-0.2, 0) is 11.3 Å². The lowest BCUT2D eigenvalue weighted by Crippen LogP contribution is -2.27. The Morgan fingerprint density at radius 3 is 2.66 bits per heavy atom. The van der Waals surface area contributed by atoms with Gasteiger partial charge >= 0.3 is 5.97 Å². The summed E-state index contributed by atoms with van der Waals surface area (Å²) in [4.78, 5) is 48.0. The molecular formula is C22H14N2O7S. The third kappa shape index (κ3) is 4.16. The van der Waals surface area contributed by atoms with Crippen LogP contribution in [0.5, 0.6) is 0 Å². The molecule has 3 aromatic rings. The predicted octanol–water partition coefficient (Wildman–Crippen LogP) is 4.79. The van der Waals surface area contributed by atoms with E-state index >= 15 is 0 Å². The molecule has 1 aliphatic rings. The molecule has 32 heavy (non-hydrogen) atoms. The number of nitro groups is 1.